The highest BCUT2D eigenvalue weighted by molar-refractivity contribution is 7.90. The van der Waals surface area contributed by atoms with Crippen molar-refractivity contribution in [1.29, 1.82) is 0 Å². The van der Waals surface area contributed by atoms with Crippen LogP contribution in [0, 0.1) is 0 Å². The summed E-state index contributed by atoms with van der Waals surface area (Å²) in [5.41, 5.74) is 5.73. The van der Waals surface area contributed by atoms with E-state index >= 15 is 0 Å². The van der Waals surface area contributed by atoms with Crippen molar-refractivity contribution in [3.8, 4) is 0 Å². The fraction of sp³-hybridized carbons (Fsp3) is 0.917. The smallest absolute Gasteiger partial charge is 0.239 e. The molecule has 0 spiro atoms. The minimum absolute atomic E-state index is 0.0446. The molecule has 112 valence electrons. The first kappa shape index (κ1) is 16.4. The highest BCUT2D eigenvalue weighted by atomic mass is 32.2. The van der Waals surface area contributed by atoms with Gasteiger partial charge in [0, 0.05) is 31.4 Å². The van der Waals surface area contributed by atoms with Crippen LogP contribution < -0.4 is 5.73 Å². The van der Waals surface area contributed by atoms with E-state index in [-0.39, 0.29) is 23.6 Å². The lowest BCUT2D eigenvalue weighted by atomic mass is 9.99. The summed E-state index contributed by atoms with van der Waals surface area (Å²) in [4.78, 5) is 16.1. The monoisotopic (exact) mass is 291 g/mol. The molecule has 0 aromatic rings. The first-order valence-corrected chi connectivity index (χ1v) is 8.52. The van der Waals surface area contributed by atoms with Crippen LogP contribution in [0.2, 0.25) is 0 Å². The van der Waals surface area contributed by atoms with Crippen LogP contribution in [0.4, 0.5) is 0 Å². The molecule has 1 amide bonds. The van der Waals surface area contributed by atoms with Crippen molar-refractivity contribution in [2.45, 2.75) is 31.8 Å². The number of carbonyl (C=O) groups excluding carboxylic acids is 1. The second-order valence-electron chi connectivity index (χ2n) is 6.02. The normalized spacial score (nSPS) is 22.3. The Labute approximate surface area is 115 Å². The van der Waals surface area contributed by atoms with Gasteiger partial charge in [0.1, 0.15) is 9.84 Å². The molecule has 0 radical (unpaired) electrons. The predicted molar refractivity (Wildman–Crippen MR) is 75.6 cm³/mol. The van der Waals surface area contributed by atoms with Gasteiger partial charge in [0.05, 0.1) is 11.8 Å². The Kier molecular flexibility index (Phi) is 4.97. The molecule has 7 heteroatoms. The zero-order valence-electron chi connectivity index (χ0n) is 12.2. The molecule has 1 atom stereocenters. The van der Waals surface area contributed by atoms with Gasteiger partial charge in [0.2, 0.25) is 5.91 Å². The zero-order chi connectivity index (χ0) is 14.8. The predicted octanol–water partition coefficient (Wildman–Crippen LogP) is -0.699. The average molecular weight is 291 g/mol. The Morgan fingerprint density at radius 3 is 2.42 bits per heavy atom. The molecule has 6 nitrogen and oxygen atoms in total. The summed E-state index contributed by atoms with van der Waals surface area (Å²) in [7, 11) is -1.04. The first-order chi connectivity index (χ1) is 8.53. The van der Waals surface area contributed by atoms with Crippen LogP contribution in [-0.4, -0.2) is 74.4 Å². The molecule has 1 aliphatic rings. The molecule has 1 heterocycles. The maximum Gasteiger partial charge on any atom is 0.239 e. The van der Waals surface area contributed by atoms with Gasteiger partial charge in [0.25, 0.3) is 0 Å². The van der Waals surface area contributed by atoms with E-state index in [0.717, 1.165) is 12.8 Å². The lowest BCUT2D eigenvalue weighted by molar-refractivity contribution is -0.137. The minimum Gasteiger partial charge on any atom is -0.338 e. The number of nitrogens with zero attached hydrogens (tertiary/aromatic N) is 2. The standard InChI is InChI=1S/C12H25N3O3S/c1-12(2)9-15(7-6-14(12)3)11(16)10(13)5-8-19(4,17)18/h10H,5-9,13H2,1-4H3. The Morgan fingerprint density at radius 1 is 1.37 bits per heavy atom. The fourth-order valence-corrected chi connectivity index (χ4v) is 2.81. The van der Waals surface area contributed by atoms with Crippen LogP contribution in [0.15, 0.2) is 0 Å². The maximum absolute atomic E-state index is 12.2. The third-order valence-electron chi connectivity index (χ3n) is 3.75. The second-order valence-corrected chi connectivity index (χ2v) is 8.28. The van der Waals surface area contributed by atoms with E-state index in [9.17, 15) is 13.2 Å². The van der Waals surface area contributed by atoms with Gasteiger partial charge in [-0.2, -0.15) is 0 Å². The topological polar surface area (TPSA) is 83.7 Å². The van der Waals surface area contributed by atoms with Gasteiger partial charge in [0.15, 0.2) is 0 Å². The summed E-state index contributed by atoms with van der Waals surface area (Å²) >= 11 is 0. The van der Waals surface area contributed by atoms with Crippen LogP contribution in [-0.2, 0) is 14.6 Å². The molecule has 1 aliphatic heterocycles. The number of amides is 1. The van der Waals surface area contributed by atoms with Crippen molar-refractivity contribution >= 4 is 15.7 Å². The molecule has 0 saturated carbocycles. The average Bonchev–Trinajstić information content (AvgIpc) is 2.27. The largest absolute Gasteiger partial charge is 0.338 e. The fourth-order valence-electron chi connectivity index (χ4n) is 2.13. The van der Waals surface area contributed by atoms with Crippen LogP contribution in [0.5, 0.6) is 0 Å². The SMILES string of the molecule is CN1CCN(C(=O)C(N)CCS(C)(=O)=O)CC1(C)C. The highest BCUT2D eigenvalue weighted by Crippen LogP contribution is 2.19. The quantitative estimate of drug-likeness (QED) is 0.740. The van der Waals surface area contributed by atoms with Gasteiger partial charge in [-0.05, 0) is 27.3 Å². The summed E-state index contributed by atoms with van der Waals surface area (Å²) < 4.78 is 22.2. The Hall–Kier alpha value is -0.660. The lowest BCUT2D eigenvalue weighted by Gasteiger charge is -2.45. The van der Waals surface area contributed by atoms with E-state index in [2.05, 4.69) is 18.7 Å². The molecule has 0 bridgehead atoms. The number of hydrogen-bond acceptors (Lipinski definition) is 5. The number of nitrogens with two attached hydrogens (primary N) is 1. The molecule has 0 aromatic carbocycles. The number of hydrogen-bond donors (Lipinski definition) is 1. The molecule has 19 heavy (non-hydrogen) atoms. The van der Waals surface area contributed by atoms with E-state index in [4.69, 9.17) is 5.73 Å². The molecular weight excluding hydrogens is 266 g/mol. The van der Waals surface area contributed by atoms with Crippen LogP contribution in [0.1, 0.15) is 20.3 Å². The van der Waals surface area contributed by atoms with Crippen molar-refractivity contribution in [2.75, 3.05) is 38.7 Å². The number of sulfone groups is 1. The Balaban J connectivity index is 2.58. The summed E-state index contributed by atoms with van der Waals surface area (Å²) in [6.45, 7) is 6.22. The van der Waals surface area contributed by atoms with Crippen molar-refractivity contribution in [3.05, 3.63) is 0 Å². The van der Waals surface area contributed by atoms with E-state index in [0.29, 0.717) is 13.1 Å². The van der Waals surface area contributed by atoms with Crippen molar-refractivity contribution in [3.63, 3.8) is 0 Å². The van der Waals surface area contributed by atoms with Crippen LogP contribution in [0.25, 0.3) is 0 Å². The van der Waals surface area contributed by atoms with Crippen molar-refractivity contribution in [2.24, 2.45) is 5.73 Å². The van der Waals surface area contributed by atoms with Crippen molar-refractivity contribution < 1.29 is 13.2 Å². The molecule has 2 N–H and O–H groups in total. The molecule has 1 rings (SSSR count). The molecular formula is C12H25N3O3S. The first-order valence-electron chi connectivity index (χ1n) is 6.46. The summed E-state index contributed by atoms with van der Waals surface area (Å²) in [5, 5.41) is 0. The van der Waals surface area contributed by atoms with E-state index in [1.807, 2.05) is 7.05 Å². The third-order valence-corrected chi connectivity index (χ3v) is 4.72. The van der Waals surface area contributed by atoms with Crippen LogP contribution >= 0.6 is 0 Å². The molecule has 1 saturated heterocycles. The van der Waals surface area contributed by atoms with Crippen LogP contribution in [0.3, 0.4) is 0 Å². The molecule has 0 aromatic heterocycles. The van der Waals surface area contributed by atoms with Gasteiger partial charge in [-0.25, -0.2) is 8.42 Å². The Morgan fingerprint density at radius 2 is 1.95 bits per heavy atom. The van der Waals surface area contributed by atoms with E-state index in [1.54, 1.807) is 4.90 Å². The number of likely N-dealkylation sites (N-methyl/N-ethyl adjacent to an activating group) is 1. The summed E-state index contributed by atoms with van der Waals surface area (Å²) in [6, 6.07) is -0.728. The maximum atomic E-state index is 12.2. The van der Waals surface area contributed by atoms with Gasteiger partial charge in [-0.15, -0.1) is 0 Å². The number of rotatable bonds is 4. The number of carbonyl (C=O) groups is 1. The van der Waals surface area contributed by atoms with Gasteiger partial charge >= 0.3 is 0 Å². The molecule has 1 unspecified atom stereocenters. The summed E-state index contributed by atoms with van der Waals surface area (Å²) in [6.07, 6.45) is 1.34. The van der Waals surface area contributed by atoms with Gasteiger partial charge in [-0.3, -0.25) is 9.69 Å². The minimum atomic E-state index is -3.07. The lowest BCUT2D eigenvalue weighted by Crippen LogP contribution is -2.61. The second kappa shape index (κ2) is 5.76. The third kappa shape index (κ3) is 4.74. The molecule has 0 aliphatic carbocycles. The van der Waals surface area contributed by atoms with Gasteiger partial charge in [-0.1, -0.05) is 0 Å². The van der Waals surface area contributed by atoms with Gasteiger partial charge < -0.3 is 10.6 Å². The Bertz CT molecular complexity index is 434. The number of piperazine rings is 1. The highest BCUT2D eigenvalue weighted by Gasteiger charge is 2.34. The van der Waals surface area contributed by atoms with E-state index in [1.165, 1.54) is 0 Å². The molecule has 1 fully saturated rings. The summed E-state index contributed by atoms with van der Waals surface area (Å²) in [5.74, 6) is -0.193. The van der Waals surface area contributed by atoms with Crippen molar-refractivity contribution in [1.82, 2.24) is 9.80 Å². The van der Waals surface area contributed by atoms with E-state index < -0.39 is 15.9 Å². The zero-order valence-corrected chi connectivity index (χ0v) is 13.0.